The molecule has 0 spiro atoms. The van der Waals surface area contributed by atoms with Gasteiger partial charge in [-0.15, -0.1) is 0 Å². The topological polar surface area (TPSA) is 29.1 Å². The van der Waals surface area contributed by atoms with Gasteiger partial charge in [-0.05, 0) is 24.9 Å². The third-order valence-corrected chi connectivity index (χ3v) is 2.35. The molecule has 0 aromatic rings. The van der Waals surface area contributed by atoms with Crippen LogP contribution < -0.4 is 5.32 Å². The molecule has 3 heteroatoms. The fourth-order valence-electron chi connectivity index (χ4n) is 0.989. The lowest BCUT2D eigenvalue weighted by Gasteiger charge is -2.01. The van der Waals surface area contributed by atoms with E-state index in [1.807, 2.05) is 11.8 Å². The predicted molar refractivity (Wildman–Crippen MR) is 55.5 cm³/mol. The smallest absolute Gasteiger partial charge is 0.216 e. The van der Waals surface area contributed by atoms with Gasteiger partial charge in [-0.3, -0.25) is 4.79 Å². The maximum atomic E-state index is 10.5. The van der Waals surface area contributed by atoms with Gasteiger partial charge in [-0.2, -0.15) is 11.8 Å². The average molecular weight is 189 g/mol. The normalized spacial score (nSPS) is 9.83. The minimum atomic E-state index is 0.0825. The summed E-state index contributed by atoms with van der Waals surface area (Å²) in [4.78, 5) is 10.5. The molecule has 0 aliphatic carbocycles. The first-order valence-electron chi connectivity index (χ1n) is 4.50. The van der Waals surface area contributed by atoms with Crippen molar-refractivity contribution >= 4 is 17.7 Å². The Kier molecular flexibility index (Phi) is 8.78. The Morgan fingerprint density at radius 3 is 2.50 bits per heavy atom. The molecule has 0 saturated heterocycles. The van der Waals surface area contributed by atoms with Crippen LogP contribution in [0.1, 0.15) is 32.6 Å². The third-order valence-electron chi connectivity index (χ3n) is 1.65. The maximum absolute atomic E-state index is 10.5. The van der Waals surface area contributed by atoms with Gasteiger partial charge in [-0.25, -0.2) is 0 Å². The summed E-state index contributed by atoms with van der Waals surface area (Å²) in [6, 6.07) is 0. The molecular formula is C9H19NOS. The molecule has 0 unspecified atom stereocenters. The molecular weight excluding hydrogens is 170 g/mol. The van der Waals surface area contributed by atoms with Crippen LogP contribution in [0.2, 0.25) is 0 Å². The second-order valence-corrected chi connectivity index (χ2v) is 3.88. The number of nitrogens with one attached hydrogen (secondary N) is 1. The molecule has 0 heterocycles. The summed E-state index contributed by atoms with van der Waals surface area (Å²) in [5.41, 5.74) is 0. The first-order valence-corrected chi connectivity index (χ1v) is 5.90. The fourth-order valence-corrected chi connectivity index (χ4v) is 1.48. The van der Waals surface area contributed by atoms with Gasteiger partial charge in [-0.1, -0.05) is 12.8 Å². The zero-order valence-electron chi connectivity index (χ0n) is 8.06. The van der Waals surface area contributed by atoms with E-state index in [-0.39, 0.29) is 5.91 Å². The van der Waals surface area contributed by atoms with E-state index in [9.17, 15) is 4.79 Å². The van der Waals surface area contributed by atoms with E-state index in [0.29, 0.717) is 0 Å². The maximum Gasteiger partial charge on any atom is 0.216 e. The lowest BCUT2D eigenvalue weighted by atomic mass is 10.2. The quantitative estimate of drug-likeness (QED) is 0.621. The molecule has 72 valence electrons. The number of thioether (sulfide) groups is 1. The molecule has 1 N–H and O–H groups in total. The summed E-state index contributed by atoms with van der Waals surface area (Å²) in [6.07, 6.45) is 7.09. The Morgan fingerprint density at radius 2 is 1.92 bits per heavy atom. The number of hydrogen-bond acceptors (Lipinski definition) is 2. The highest BCUT2D eigenvalue weighted by molar-refractivity contribution is 7.98. The van der Waals surface area contributed by atoms with Crippen LogP contribution in [0, 0.1) is 0 Å². The van der Waals surface area contributed by atoms with Crippen molar-refractivity contribution in [3.63, 3.8) is 0 Å². The van der Waals surface area contributed by atoms with Crippen molar-refractivity contribution in [2.75, 3.05) is 18.6 Å². The van der Waals surface area contributed by atoms with Crippen LogP contribution in [0.15, 0.2) is 0 Å². The molecule has 0 saturated carbocycles. The molecule has 2 nitrogen and oxygen atoms in total. The molecule has 0 atom stereocenters. The number of carbonyl (C=O) groups excluding carboxylic acids is 1. The van der Waals surface area contributed by atoms with Crippen molar-refractivity contribution in [3.8, 4) is 0 Å². The van der Waals surface area contributed by atoms with Gasteiger partial charge in [0.05, 0.1) is 0 Å². The van der Waals surface area contributed by atoms with E-state index in [0.717, 1.165) is 13.0 Å². The van der Waals surface area contributed by atoms with E-state index < -0.39 is 0 Å². The average Bonchev–Trinajstić information content (AvgIpc) is 2.02. The number of hydrogen-bond donors (Lipinski definition) is 1. The lowest BCUT2D eigenvalue weighted by Crippen LogP contribution is -2.20. The molecule has 0 aromatic heterocycles. The van der Waals surface area contributed by atoms with E-state index >= 15 is 0 Å². The molecule has 1 amide bonds. The van der Waals surface area contributed by atoms with E-state index in [1.54, 1.807) is 6.92 Å². The monoisotopic (exact) mass is 189 g/mol. The molecule has 0 aliphatic heterocycles. The minimum absolute atomic E-state index is 0.0825. The Hall–Kier alpha value is -0.180. The zero-order valence-corrected chi connectivity index (χ0v) is 8.88. The van der Waals surface area contributed by atoms with Gasteiger partial charge in [0.25, 0.3) is 0 Å². The Morgan fingerprint density at radius 1 is 1.25 bits per heavy atom. The van der Waals surface area contributed by atoms with Crippen LogP contribution >= 0.6 is 11.8 Å². The van der Waals surface area contributed by atoms with Crippen molar-refractivity contribution in [3.05, 3.63) is 0 Å². The van der Waals surface area contributed by atoms with Crippen LogP contribution in [0.25, 0.3) is 0 Å². The number of unbranched alkanes of at least 4 members (excludes halogenated alkanes) is 3. The van der Waals surface area contributed by atoms with Crippen LogP contribution in [-0.2, 0) is 4.79 Å². The molecule has 0 rings (SSSR count). The summed E-state index contributed by atoms with van der Waals surface area (Å²) in [6.45, 7) is 2.41. The zero-order chi connectivity index (χ0) is 9.23. The van der Waals surface area contributed by atoms with Crippen LogP contribution in [0.4, 0.5) is 0 Å². The molecule has 0 aromatic carbocycles. The van der Waals surface area contributed by atoms with Gasteiger partial charge < -0.3 is 5.32 Å². The number of rotatable bonds is 7. The van der Waals surface area contributed by atoms with E-state index in [4.69, 9.17) is 0 Å². The third kappa shape index (κ3) is 9.82. The van der Waals surface area contributed by atoms with Gasteiger partial charge in [0.1, 0.15) is 0 Å². The van der Waals surface area contributed by atoms with Crippen molar-refractivity contribution < 1.29 is 4.79 Å². The highest BCUT2D eigenvalue weighted by Gasteiger charge is 1.91. The van der Waals surface area contributed by atoms with Crippen molar-refractivity contribution in [1.29, 1.82) is 0 Å². The highest BCUT2D eigenvalue weighted by Crippen LogP contribution is 2.03. The summed E-state index contributed by atoms with van der Waals surface area (Å²) in [5, 5.41) is 2.79. The highest BCUT2D eigenvalue weighted by atomic mass is 32.2. The number of carbonyl (C=O) groups is 1. The summed E-state index contributed by atoms with van der Waals surface area (Å²) < 4.78 is 0. The Labute approximate surface area is 79.5 Å². The summed E-state index contributed by atoms with van der Waals surface area (Å²) >= 11 is 1.90. The SMILES string of the molecule is CSCCCCCCNC(C)=O. The summed E-state index contributed by atoms with van der Waals surface area (Å²) in [7, 11) is 0. The first kappa shape index (κ1) is 11.8. The standard InChI is InChI=1S/C9H19NOS/c1-9(11)10-7-5-3-4-6-8-12-2/h3-8H2,1-2H3,(H,10,11). The largest absolute Gasteiger partial charge is 0.356 e. The lowest BCUT2D eigenvalue weighted by molar-refractivity contribution is -0.118. The second kappa shape index (κ2) is 8.91. The van der Waals surface area contributed by atoms with Gasteiger partial charge in [0, 0.05) is 13.5 Å². The molecule has 12 heavy (non-hydrogen) atoms. The van der Waals surface area contributed by atoms with Crippen molar-refractivity contribution in [2.45, 2.75) is 32.6 Å². The van der Waals surface area contributed by atoms with E-state index in [2.05, 4.69) is 11.6 Å². The number of amides is 1. The van der Waals surface area contributed by atoms with Gasteiger partial charge in [0.15, 0.2) is 0 Å². The molecule has 0 fully saturated rings. The molecule has 0 bridgehead atoms. The fraction of sp³-hybridized carbons (Fsp3) is 0.889. The minimum Gasteiger partial charge on any atom is -0.356 e. The van der Waals surface area contributed by atoms with Crippen molar-refractivity contribution in [1.82, 2.24) is 5.32 Å². The second-order valence-electron chi connectivity index (χ2n) is 2.89. The van der Waals surface area contributed by atoms with Crippen LogP contribution in [0.3, 0.4) is 0 Å². The summed E-state index contributed by atoms with van der Waals surface area (Å²) in [5.74, 6) is 1.35. The Bertz CT molecular complexity index is 117. The van der Waals surface area contributed by atoms with Crippen molar-refractivity contribution in [2.24, 2.45) is 0 Å². The van der Waals surface area contributed by atoms with Gasteiger partial charge >= 0.3 is 0 Å². The molecule has 0 radical (unpaired) electrons. The van der Waals surface area contributed by atoms with E-state index in [1.165, 1.54) is 25.0 Å². The Balaban J connectivity index is 2.86. The van der Waals surface area contributed by atoms with Crippen LogP contribution in [0.5, 0.6) is 0 Å². The van der Waals surface area contributed by atoms with Crippen LogP contribution in [-0.4, -0.2) is 24.5 Å². The first-order chi connectivity index (χ1) is 5.77. The van der Waals surface area contributed by atoms with Gasteiger partial charge in [0.2, 0.25) is 5.91 Å². The molecule has 0 aliphatic rings. The predicted octanol–water partition coefficient (Wildman–Crippen LogP) is 2.05.